The Balaban J connectivity index is 1.41. The van der Waals surface area contributed by atoms with Crippen molar-refractivity contribution in [3.05, 3.63) is 88.6 Å². The van der Waals surface area contributed by atoms with Crippen LogP contribution in [0.15, 0.2) is 77.3 Å². The molecule has 4 rings (SSSR count). The molecule has 1 heterocycles. The number of hydrogen-bond acceptors (Lipinski definition) is 6. The number of aromatic nitrogens is 2. The third-order valence-corrected chi connectivity index (χ3v) is 4.95. The Morgan fingerprint density at radius 1 is 1.06 bits per heavy atom. The summed E-state index contributed by atoms with van der Waals surface area (Å²) < 4.78 is 10.7. The van der Waals surface area contributed by atoms with Crippen LogP contribution in [0.1, 0.15) is 5.56 Å². The number of amides is 1. The topological polar surface area (TPSA) is 91.5 Å². The van der Waals surface area contributed by atoms with E-state index >= 15 is 0 Å². The first kappa shape index (κ1) is 20.6. The van der Waals surface area contributed by atoms with Crippen LogP contribution in [0, 0.1) is 12.1 Å². The molecule has 4 aromatic rings. The zero-order valence-corrected chi connectivity index (χ0v) is 17.2. The third kappa shape index (κ3) is 4.74. The number of hydrogen-bond donors (Lipinski definition) is 0. The van der Waals surface area contributed by atoms with E-state index in [0.29, 0.717) is 28.1 Å². The third-order valence-electron chi connectivity index (χ3n) is 4.53. The Morgan fingerprint density at radius 2 is 1.81 bits per heavy atom. The van der Waals surface area contributed by atoms with Crippen LogP contribution in [0.25, 0.3) is 22.8 Å². The van der Waals surface area contributed by atoms with E-state index in [9.17, 15) is 10.0 Å². The summed E-state index contributed by atoms with van der Waals surface area (Å²) in [6.07, 6.45) is 0. The second kappa shape index (κ2) is 8.99. The molecule has 0 radical (unpaired) electrons. The molecule has 0 spiro atoms. The SMILES string of the molecule is Cc1cc(OCC(=O)N([O-])c2ccc(-c3nc(-c4ccccc4)no3)cc2)ccc1Cl. The number of benzene rings is 3. The highest BCUT2D eigenvalue weighted by molar-refractivity contribution is 6.31. The first-order valence-electron chi connectivity index (χ1n) is 9.40. The summed E-state index contributed by atoms with van der Waals surface area (Å²) in [6.45, 7) is 1.43. The van der Waals surface area contributed by atoms with E-state index in [1.807, 2.05) is 37.3 Å². The van der Waals surface area contributed by atoms with Crippen LogP contribution in [0.5, 0.6) is 5.75 Å². The Morgan fingerprint density at radius 3 is 2.52 bits per heavy atom. The molecule has 7 nitrogen and oxygen atoms in total. The maximum Gasteiger partial charge on any atom is 0.258 e. The summed E-state index contributed by atoms with van der Waals surface area (Å²) in [6, 6.07) is 20.8. The van der Waals surface area contributed by atoms with Crippen molar-refractivity contribution in [1.82, 2.24) is 10.1 Å². The maximum absolute atomic E-state index is 12.3. The molecule has 156 valence electrons. The highest BCUT2D eigenvalue weighted by atomic mass is 35.5. The van der Waals surface area contributed by atoms with E-state index in [1.165, 1.54) is 12.1 Å². The Bertz CT molecular complexity index is 1190. The maximum atomic E-state index is 12.3. The lowest BCUT2D eigenvalue weighted by Gasteiger charge is -2.28. The molecule has 8 heteroatoms. The molecule has 1 amide bonds. The number of hydroxylamine groups is 1. The van der Waals surface area contributed by atoms with Gasteiger partial charge in [-0.05, 0) is 55.0 Å². The Hall–Kier alpha value is -3.68. The zero-order valence-electron chi connectivity index (χ0n) is 16.5. The molecule has 0 aliphatic heterocycles. The van der Waals surface area contributed by atoms with Crippen molar-refractivity contribution >= 4 is 23.2 Å². The van der Waals surface area contributed by atoms with Crippen LogP contribution in [0.2, 0.25) is 5.02 Å². The van der Waals surface area contributed by atoms with Crippen molar-refractivity contribution in [3.63, 3.8) is 0 Å². The van der Waals surface area contributed by atoms with Crippen molar-refractivity contribution in [2.45, 2.75) is 6.92 Å². The lowest BCUT2D eigenvalue weighted by Crippen LogP contribution is -2.29. The number of rotatable bonds is 6. The van der Waals surface area contributed by atoms with Crippen LogP contribution < -0.4 is 9.80 Å². The lowest BCUT2D eigenvalue weighted by atomic mass is 10.2. The van der Waals surface area contributed by atoms with E-state index in [-0.39, 0.29) is 10.8 Å². The second-order valence-corrected chi connectivity index (χ2v) is 7.13. The van der Waals surface area contributed by atoms with Crippen molar-refractivity contribution in [1.29, 1.82) is 0 Å². The molecular formula is C23H17ClN3O4-. The number of ether oxygens (including phenoxy) is 1. The molecule has 0 bridgehead atoms. The number of carbonyl (C=O) groups is 1. The quantitative estimate of drug-likeness (QED) is 0.383. The smallest absolute Gasteiger partial charge is 0.258 e. The zero-order chi connectivity index (χ0) is 21.8. The Labute approximate surface area is 183 Å². The van der Waals surface area contributed by atoms with Crippen LogP contribution >= 0.6 is 11.6 Å². The van der Waals surface area contributed by atoms with Gasteiger partial charge in [-0.3, -0.25) is 4.79 Å². The average molecular weight is 435 g/mol. The van der Waals surface area contributed by atoms with E-state index in [1.54, 1.807) is 30.3 Å². The van der Waals surface area contributed by atoms with Crippen LogP contribution in [-0.4, -0.2) is 22.7 Å². The molecule has 31 heavy (non-hydrogen) atoms. The van der Waals surface area contributed by atoms with Gasteiger partial charge < -0.3 is 19.5 Å². The van der Waals surface area contributed by atoms with Gasteiger partial charge >= 0.3 is 0 Å². The Kier molecular flexibility index (Phi) is 5.97. The van der Waals surface area contributed by atoms with Crippen molar-refractivity contribution in [2.75, 3.05) is 11.7 Å². The first-order chi connectivity index (χ1) is 15.0. The van der Waals surface area contributed by atoms with Gasteiger partial charge in [-0.2, -0.15) is 4.98 Å². The minimum atomic E-state index is -0.732. The molecule has 0 saturated carbocycles. The molecule has 0 fully saturated rings. The van der Waals surface area contributed by atoms with Gasteiger partial charge in [-0.1, -0.05) is 47.1 Å². The molecule has 0 aliphatic rings. The monoisotopic (exact) mass is 434 g/mol. The minimum absolute atomic E-state index is 0.174. The van der Waals surface area contributed by atoms with Gasteiger partial charge in [0.15, 0.2) is 6.61 Å². The van der Waals surface area contributed by atoms with Gasteiger partial charge in [0, 0.05) is 21.8 Å². The minimum Gasteiger partial charge on any atom is -0.752 e. The highest BCUT2D eigenvalue weighted by Gasteiger charge is 2.12. The van der Waals surface area contributed by atoms with Gasteiger partial charge in [0.2, 0.25) is 5.82 Å². The molecule has 1 aromatic heterocycles. The number of carbonyl (C=O) groups excluding carboxylic acids is 1. The molecule has 0 saturated heterocycles. The van der Waals surface area contributed by atoms with E-state index in [2.05, 4.69) is 10.1 Å². The molecular weight excluding hydrogens is 418 g/mol. The molecule has 0 aliphatic carbocycles. The van der Waals surface area contributed by atoms with Gasteiger partial charge in [-0.15, -0.1) is 0 Å². The fourth-order valence-electron chi connectivity index (χ4n) is 2.84. The van der Waals surface area contributed by atoms with E-state index in [0.717, 1.165) is 11.1 Å². The number of halogens is 1. The normalized spacial score (nSPS) is 10.7. The van der Waals surface area contributed by atoms with Crippen LogP contribution in [0.3, 0.4) is 0 Å². The van der Waals surface area contributed by atoms with Crippen LogP contribution in [-0.2, 0) is 4.79 Å². The lowest BCUT2D eigenvalue weighted by molar-refractivity contribution is -0.119. The van der Waals surface area contributed by atoms with Gasteiger partial charge in [0.05, 0.1) is 0 Å². The van der Waals surface area contributed by atoms with Gasteiger partial charge in [0.25, 0.3) is 11.8 Å². The predicted octanol–water partition coefficient (Wildman–Crippen LogP) is 5.28. The van der Waals surface area contributed by atoms with Crippen molar-refractivity contribution in [2.24, 2.45) is 0 Å². The van der Waals surface area contributed by atoms with Crippen molar-refractivity contribution < 1.29 is 14.1 Å². The molecule has 0 atom stereocenters. The second-order valence-electron chi connectivity index (χ2n) is 6.72. The average Bonchev–Trinajstić information content (AvgIpc) is 3.30. The van der Waals surface area contributed by atoms with Gasteiger partial charge in [0.1, 0.15) is 5.75 Å². The summed E-state index contributed by atoms with van der Waals surface area (Å²) in [5.74, 6) is 0.514. The molecule has 3 aromatic carbocycles. The van der Waals surface area contributed by atoms with E-state index < -0.39 is 12.5 Å². The fourth-order valence-corrected chi connectivity index (χ4v) is 2.96. The molecule has 0 N–H and O–H groups in total. The van der Waals surface area contributed by atoms with Gasteiger partial charge in [-0.25, -0.2) is 0 Å². The summed E-state index contributed by atoms with van der Waals surface area (Å²) in [5.41, 5.74) is 2.46. The van der Waals surface area contributed by atoms with Crippen LogP contribution in [0.4, 0.5) is 5.69 Å². The van der Waals surface area contributed by atoms with Crippen molar-refractivity contribution in [3.8, 4) is 28.6 Å². The largest absolute Gasteiger partial charge is 0.752 e. The molecule has 0 unspecified atom stereocenters. The van der Waals surface area contributed by atoms with E-state index in [4.69, 9.17) is 20.9 Å². The summed E-state index contributed by atoms with van der Waals surface area (Å²) in [4.78, 5) is 16.6. The summed E-state index contributed by atoms with van der Waals surface area (Å²) in [7, 11) is 0. The number of anilines is 1. The summed E-state index contributed by atoms with van der Waals surface area (Å²) in [5, 5.41) is 17.2. The summed E-state index contributed by atoms with van der Waals surface area (Å²) >= 11 is 5.97. The standard InChI is InChI=1S/C23H17ClN3O4/c1-15-13-19(11-12-20(15)24)30-14-21(28)27(29)18-9-7-17(8-10-18)23-25-22(26-31-23)16-5-3-2-4-6-16/h2-13H,14H2,1H3/q-1. The predicted molar refractivity (Wildman–Crippen MR) is 118 cm³/mol. The highest BCUT2D eigenvalue weighted by Crippen LogP contribution is 2.25. The number of nitrogens with zero attached hydrogens (tertiary/aromatic N) is 3. The fraction of sp³-hybridized carbons (Fsp3) is 0.0870. The first-order valence-corrected chi connectivity index (χ1v) is 9.77. The number of aryl methyl sites for hydroxylation is 1.